The second-order valence-electron chi connectivity index (χ2n) is 7.51. The van der Waals surface area contributed by atoms with Gasteiger partial charge in [-0.1, -0.05) is 19.8 Å². The fourth-order valence-corrected chi connectivity index (χ4v) is 3.65. The van der Waals surface area contributed by atoms with Crippen molar-refractivity contribution in [2.75, 3.05) is 0 Å². The van der Waals surface area contributed by atoms with Gasteiger partial charge >= 0.3 is 6.09 Å². The zero-order valence-corrected chi connectivity index (χ0v) is 13.3. The first-order valence-electron chi connectivity index (χ1n) is 7.98. The van der Waals surface area contributed by atoms with E-state index in [0.29, 0.717) is 12.8 Å². The number of hydrogen-bond acceptors (Lipinski definition) is 3. The summed E-state index contributed by atoms with van der Waals surface area (Å²) in [7, 11) is 0. The zero-order valence-electron chi connectivity index (χ0n) is 13.3. The molecule has 2 bridgehead atoms. The van der Waals surface area contributed by atoms with E-state index in [1.807, 2.05) is 25.7 Å². The molecule has 0 spiro atoms. The highest BCUT2D eigenvalue weighted by molar-refractivity contribution is 5.69. The third kappa shape index (κ3) is 3.46. The molecule has 2 rings (SSSR count). The monoisotopic (exact) mass is 283 g/mol. The van der Waals surface area contributed by atoms with Gasteiger partial charge in [-0.25, -0.2) is 4.79 Å². The number of hydrogen-bond donors (Lipinski definition) is 1. The molecule has 0 aromatic carbocycles. The summed E-state index contributed by atoms with van der Waals surface area (Å²) in [5.41, 5.74) is -1.02. The number of rotatable bonds is 3. The van der Waals surface area contributed by atoms with E-state index in [4.69, 9.17) is 4.74 Å². The lowest BCUT2D eigenvalue weighted by Crippen LogP contribution is -2.54. The van der Waals surface area contributed by atoms with E-state index in [1.165, 1.54) is 0 Å². The van der Waals surface area contributed by atoms with Crippen molar-refractivity contribution in [3.05, 3.63) is 0 Å². The maximum Gasteiger partial charge on any atom is 0.410 e. The van der Waals surface area contributed by atoms with Crippen molar-refractivity contribution >= 4 is 6.09 Å². The van der Waals surface area contributed by atoms with E-state index in [-0.39, 0.29) is 18.2 Å². The molecular formula is C16H29NO3. The molecule has 0 radical (unpaired) electrons. The molecule has 0 aromatic heterocycles. The molecule has 4 heteroatoms. The molecule has 2 heterocycles. The van der Waals surface area contributed by atoms with Crippen LogP contribution in [0.25, 0.3) is 0 Å². The molecule has 20 heavy (non-hydrogen) atoms. The van der Waals surface area contributed by atoms with E-state index in [0.717, 1.165) is 32.1 Å². The summed E-state index contributed by atoms with van der Waals surface area (Å²) in [5.74, 6) is 0. The molecule has 1 N–H and O–H groups in total. The summed E-state index contributed by atoms with van der Waals surface area (Å²) in [6.07, 6.45) is 6.24. The van der Waals surface area contributed by atoms with Gasteiger partial charge in [0.05, 0.1) is 5.60 Å². The minimum absolute atomic E-state index is 0.158. The summed E-state index contributed by atoms with van der Waals surface area (Å²) in [4.78, 5) is 14.2. The second-order valence-corrected chi connectivity index (χ2v) is 7.51. The van der Waals surface area contributed by atoms with Crippen molar-refractivity contribution in [1.29, 1.82) is 0 Å². The Kier molecular flexibility index (Phi) is 4.33. The average Bonchev–Trinajstić information content (AvgIpc) is 2.58. The fraction of sp³-hybridized carbons (Fsp3) is 0.938. The molecule has 4 nitrogen and oxygen atoms in total. The first-order valence-corrected chi connectivity index (χ1v) is 7.98. The van der Waals surface area contributed by atoms with Gasteiger partial charge < -0.3 is 14.7 Å². The van der Waals surface area contributed by atoms with Crippen LogP contribution < -0.4 is 0 Å². The number of unbranched alkanes of at least 4 members (excludes halogenated alkanes) is 1. The number of ether oxygens (including phenoxy) is 1. The Hall–Kier alpha value is -0.770. The van der Waals surface area contributed by atoms with Crippen molar-refractivity contribution in [2.45, 2.75) is 95.9 Å². The zero-order chi connectivity index (χ0) is 15.0. The number of amides is 1. The molecule has 116 valence electrons. The predicted molar refractivity (Wildman–Crippen MR) is 78.6 cm³/mol. The standard InChI is InChI=1S/C16H29NO3/c1-5-6-9-16(19)10-12-7-8-13(11-16)17(12)14(18)20-15(2,3)4/h12-13,19H,5-11H2,1-4H3. The van der Waals surface area contributed by atoms with Gasteiger partial charge in [-0.05, 0) is 52.9 Å². The van der Waals surface area contributed by atoms with Crippen molar-refractivity contribution in [2.24, 2.45) is 0 Å². The number of aliphatic hydroxyl groups is 1. The van der Waals surface area contributed by atoms with Gasteiger partial charge in [0, 0.05) is 12.1 Å². The molecule has 2 atom stereocenters. The first kappa shape index (κ1) is 15.6. The lowest BCUT2D eigenvalue weighted by atomic mass is 9.82. The highest BCUT2D eigenvalue weighted by Gasteiger charge is 2.49. The number of carbonyl (C=O) groups is 1. The van der Waals surface area contributed by atoms with Crippen LogP contribution >= 0.6 is 0 Å². The van der Waals surface area contributed by atoms with Gasteiger partial charge in [-0.15, -0.1) is 0 Å². The Labute approximate surface area is 122 Å². The van der Waals surface area contributed by atoms with E-state index in [9.17, 15) is 9.90 Å². The minimum Gasteiger partial charge on any atom is -0.444 e. The van der Waals surface area contributed by atoms with E-state index < -0.39 is 11.2 Å². The van der Waals surface area contributed by atoms with E-state index in [1.54, 1.807) is 0 Å². The Morgan fingerprint density at radius 3 is 2.30 bits per heavy atom. The molecule has 1 amide bonds. The number of nitrogens with zero attached hydrogens (tertiary/aromatic N) is 1. The molecule has 2 fully saturated rings. The van der Waals surface area contributed by atoms with Crippen LogP contribution in [0.5, 0.6) is 0 Å². The van der Waals surface area contributed by atoms with Crippen LogP contribution in [-0.2, 0) is 4.74 Å². The van der Waals surface area contributed by atoms with Crippen LogP contribution in [0.1, 0.15) is 72.6 Å². The van der Waals surface area contributed by atoms with Crippen LogP contribution in [0.3, 0.4) is 0 Å². The maximum atomic E-state index is 12.3. The lowest BCUT2D eigenvalue weighted by molar-refractivity contribution is -0.0633. The number of carbonyl (C=O) groups excluding carboxylic acids is 1. The predicted octanol–water partition coefficient (Wildman–Crippen LogP) is 3.47. The SMILES string of the molecule is CCCCC1(O)CC2CCC(C1)N2C(=O)OC(C)(C)C. The molecule has 2 aliphatic rings. The summed E-state index contributed by atoms with van der Waals surface area (Å²) >= 11 is 0. The van der Waals surface area contributed by atoms with Crippen molar-refractivity contribution in [3.63, 3.8) is 0 Å². The first-order chi connectivity index (χ1) is 9.24. The molecular weight excluding hydrogens is 254 g/mol. The lowest BCUT2D eigenvalue weighted by Gasteiger charge is -2.44. The van der Waals surface area contributed by atoms with Gasteiger partial charge in [0.25, 0.3) is 0 Å². The topological polar surface area (TPSA) is 49.8 Å². The van der Waals surface area contributed by atoms with Gasteiger partial charge in [0.1, 0.15) is 5.60 Å². The fourth-order valence-electron chi connectivity index (χ4n) is 3.65. The third-order valence-corrected chi connectivity index (χ3v) is 4.45. The highest BCUT2D eigenvalue weighted by atomic mass is 16.6. The van der Waals surface area contributed by atoms with Crippen LogP contribution in [0.4, 0.5) is 4.79 Å². The maximum absolute atomic E-state index is 12.3. The van der Waals surface area contributed by atoms with Gasteiger partial charge in [0.15, 0.2) is 0 Å². The third-order valence-electron chi connectivity index (χ3n) is 4.45. The molecule has 2 saturated heterocycles. The van der Waals surface area contributed by atoms with Crippen molar-refractivity contribution < 1.29 is 14.6 Å². The van der Waals surface area contributed by atoms with Gasteiger partial charge in [0.2, 0.25) is 0 Å². The smallest absolute Gasteiger partial charge is 0.410 e. The minimum atomic E-state index is -0.569. The second kappa shape index (κ2) is 5.55. The molecule has 0 aromatic rings. The summed E-state index contributed by atoms with van der Waals surface area (Å²) in [6, 6.07) is 0.316. The van der Waals surface area contributed by atoms with Gasteiger partial charge in [-0.3, -0.25) is 0 Å². The Bertz CT molecular complexity index is 347. The normalized spacial score (nSPS) is 33.4. The summed E-state index contributed by atoms with van der Waals surface area (Å²) < 4.78 is 5.51. The number of fused-ring (bicyclic) bond motifs is 2. The molecule has 0 saturated carbocycles. The molecule has 2 aliphatic heterocycles. The Morgan fingerprint density at radius 1 is 1.30 bits per heavy atom. The molecule has 2 unspecified atom stereocenters. The largest absolute Gasteiger partial charge is 0.444 e. The van der Waals surface area contributed by atoms with Crippen LogP contribution in [0, 0.1) is 0 Å². The van der Waals surface area contributed by atoms with Crippen molar-refractivity contribution in [1.82, 2.24) is 4.90 Å². The highest BCUT2D eigenvalue weighted by Crippen LogP contribution is 2.43. The molecule has 0 aliphatic carbocycles. The summed E-state index contributed by atoms with van der Waals surface area (Å²) in [5, 5.41) is 10.7. The van der Waals surface area contributed by atoms with E-state index >= 15 is 0 Å². The Morgan fingerprint density at radius 2 is 1.85 bits per heavy atom. The van der Waals surface area contributed by atoms with E-state index in [2.05, 4.69) is 6.92 Å². The quantitative estimate of drug-likeness (QED) is 0.863. The van der Waals surface area contributed by atoms with Crippen LogP contribution in [-0.4, -0.2) is 39.4 Å². The van der Waals surface area contributed by atoms with Crippen molar-refractivity contribution in [3.8, 4) is 0 Å². The van der Waals surface area contributed by atoms with Crippen LogP contribution in [0.15, 0.2) is 0 Å². The Balaban J connectivity index is 2.01. The average molecular weight is 283 g/mol. The van der Waals surface area contributed by atoms with Crippen LogP contribution in [0.2, 0.25) is 0 Å². The van der Waals surface area contributed by atoms with Gasteiger partial charge in [-0.2, -0.15) is 0 Å². The number of piperidine rings is 1. The summed E-state index contributed by atoms with van der Waals surface area (Å²) in [6.45, 7) is 7.84.